The Morgan fingerprint density at radius 1 is 1.33 bits per heavy atom. The van der Waals surface area contributed by atoms with Crippen LogP contribution >= 0.6 is 11.8 Å². The van der Waals surface area contributed by atoms with Crippen LogP contribution in [0.25, 0.3) is 0 Å². The number of ether oxygens (including phenoxy) is 1. The third-order valence-corrected chi connectivity index (χ3v) is 5.90. The van der Waals surface area contributed by atoms with E-state index in [1.807, 2.05) is 0 Å². The summed E-state index contributed by atoms with van der Waals surface area (Å²) in [7, 11) is -4.15. The second-order valence-electron chi connectivity index (χ2n) is 5.45. The molecule has 5 nitrogen and oxygen atoms in total. The van der Waals surface area contributed by atoms with Crippen molar-refractivity contribution in [1.82, 2.24) is 0 Å². The van der Waals surface area contributed by atoms with Gasteiger partial charge in [-0.3, -0.25) is 4.55 Å². The Morgan fingerprint density at radius 2 is 2.10 bits per heavy atom. The fourth-order valence-electron chi connectivity index (χ4n) is 2.84. The Labute approximate surface area is 129 Å². The minimum absolute atomic E-state index is 0.0271. The van der Waals surface area contributed by atoms with E-state index in [1.54, 1.807) is 23.9 Å². The molecule has 21 heavy (non-hydrogen) atoms. The maximum Gasteiger partial charge on any atom is 0.294 e. The Bertz CT molecular complexity index is 611. The lowest BCUT2D eigenvalue weighted by atomic mass is 9.99. The molecule has 0 unspecified atom stereocenters. The van der Waals surface area contributed by atoms with E-state index in [0.717, 1.165) is 55.5 Å². The van der Waals surface area contributed by atoms with E-state index in [2.05, 4.69) is 4.90 Å². The lowest BCUT2D eigenvalue weighted by Crippen LogP contribution is -2.36. The maximum absolute atomic E-state index is 11.3. The third-order valence-electron chi connectivity index (χ3n) is 4.01. The van der Waals surface area contributed by atoms with E-state index in [1.165, 1.54) is 6.07 Å². The quantitative estimate of drug-likeness (QED) is 0.858. The zero-order chi connectivity index (χ0) is 14.9. The molecule has 0 atom stereocenters. The Hall–Kier alpha value is -0.760. The van der Waals surface area contributed by atoms with Crippen LogP contribution in [-0.2, 0) is 14.9 Å². The molecule has 0 saturated carbocycles. The Kier molecular flexibility index (Phi) is 4.44. The first kappa shape index (κ1) is 15.1. The molecule has 1 aromatic carbocycles. The molecule has 2 heterocycles. The van der Waals surface area contributed by atoms with Gasteiger partial charge in [0.15, 0.2) is 0 Å². The van der Waals surface area contributed by atoms with Gasteiger partial charge in [-0.1, -0.05) is 0 Å². The number of nitrogens with zero attached hydrogens (tertiary/aromatic N) is 1. The molecule has 3 rings (SSSR count). The maximum atomic E-state index is 11.3. The van der Waals surface area contributed by atoms with Crippen molar-refractivity contribution < 1.29 is 17.7 Å². The monoisotopic (exact) mass is 329 g/mol. The number of hydrogen-bond acceptors (Lipinski definition) is 5. The van der Waals surface area contributed by atoms with E-state index in [-0.39, 0.29) is 4.90 Å². The molecule has 1 fully saturated rings. The molecule has 0 radical (unpaired) electrons. The molecule has 0 aromatic heterocycles. The molecular formula is C14H19NO4S2. The molecule has 116 valence electrons. The predicted molar refractivity (Wildman–Crippen MR) is 82.7 cm³/mol. The first-order valence-corrected chi connectivity index (χ1v) is 9.53. The van der Waals surface area contributed by atoms with Crippen LogP contribution in [-0.4, -0.2) is 45.0 Å². The summed E-state index contributed by atoms with van der Waals surface area (Å²) in [6, 6.07) is 4.86. The topological polar surface area (TPSA) is 66.8 Å². The number of anilines is 1. The highest BCUT2D eigenvalue weighted by Crippen LogP contribution is 2.37. The van der Waals surface area contributed by atoms with E-state index in [0.29, 0.717) is 5.92 Å². The molecule has 2 aliphatic rings. The van der Waals surface area contributed by atoms with Crippen molar-refractivity contribution >= 4 is 27.6 Å². The number of fused-ring (bicyclic) bond motifs is 1. The summed E-state index contributed by atoms with van der Waals surface area (Å²) in [4.78, 5) is 3.30. The number of rotatable bonds is 3. The van der Waals surface area contributed by atoms with Crippen molar-refractivity contribution in [3.63, 3.8) is 0 Å². The molecule has 0 spiro atoms. The molecule has 0 bridgehead atoms. The molecule has 1 saturated heterocycles. The van der Waals surface area contributed by atoms with E-state index >= 15 is 0 Å². The fourth-order valence-corrected chi connectivity index (χ4v) is 4.38. The van der Waals surface area contributed by atoms with Gasteiger partial charge in [0.25, 0.3) is 10.1 Å². The van der Waals surface area contributed by atoms with Crippen molar-refractivity contribution in [2.45, 2.75) is 22.6 Å². The molecule has 0 aliphatic carbocycles. The second-order valence-corrected chi connectivity index (χ2v) is 8.01. The summed E-state index contributed by atoms with van der Waals surface area (Å²) in [5.74, 6) is 1.59. The van der Waals surface area contributed by atoms with Crippen LogP contribution < -0.4 is 4.90 Å². The average Bonchev–Trinajstić information content (AvgIpc) is 2.47. The first-order valence-electron chi connectivity index (χ1n) is 7.11. The Morgan fingerprint density at radius 3 is 2.81 bits per heavy atom. The third kappa shape index (κ3) is 3.53. The summed E-state index contributed by atoms with van der Waals surface area (Å²) >= 11 is 1.73. The first-order chi connectivity index (χ1) is 10.0. The van der Waals surface area contributed by atoms with Crippen LogP contribution in [0.5, 0.6) is 0 Å². The minimum Gasteiger partial charge on any atom is -0.381 e. The van der Waals surface area contributed by atoms with E-state index < -0.39 is 10.1 Å². The van der Waals surface area contributed by atoms with Gasteiger partial charge in [0.1, 0.15) is 0 Å². The van der Waals surface area contributed by atoms with Gasteiger partial charge in [0.05, 0.1) is 10.6 Å². The second kappa shape index (κ2) is 6.16. The normalized spacial score (nSPS) is 20.3. The summed E-state index contributed by atoms with van der Waals surface area (Å²) in [6.07, 6.45) is 2.11. The smallest absolute Gasteiger partial charge is 0.294 e. The van der Waals surface area contributed by atoms with Crippen LogP contribution in [0.15, 0.2) is 28.0 Å². The van der Waals surface area contributed by atoms with Crippen LogP contribution in [0.2, 0.25) is 0 Å². The van der Waals surface area contributed by atoms with Crippen molar-refractivity contribution in [3.8, 4) is 0 Å². The lowest BCUT2D eigenvalue weighted by molar-refractivity contribution is 0.0682. The fraction of sp³-hybridized carbons (Fsp3) is 0.571. The molecule has 2 aliphatic heterocycles. The van der Waals surface area contributed by atoms with Gasteiger partial charge in [0, 0.05) is 37.0 Å². The molecule has 7 heteroatoms. The lowest BCUT2D eigenvalue weighted by Gasteiger charge is -2.35. The zero-order valence-electron chi connectivity index (χ0n) is 11.7. The summed E-state index contributed by atoms with van der Waals surface area (Å²) in [5, 5.41) is 0. The number of hydrogen-bond donors (Lipinski definition) is 1. The zero-order valence-corrected chi connectivity index (χ0v) is 13.3. The predicted octanol–water partition coefficient (Wildman–Crippen LogP) is 2.27. The van der Waals surface area contributed by atoms with Gasteiger partial charge in [-0.05, 0) is 37.0 Å². The average molecular weight is 329 g/mol. The highest BCUT2D eigenvalue weighted by molar-refractivity contribution is 7.99. The largest absolute Gasteiger partial charge is 0.381 e. The van der Waals surface area contributed by atoms with Crippen molar-refractivity contribution in [1.29, 1.82) is 0 Å². The van der Waals surface area contributed by atoms with Crippen molar-refractivity contribution in [2.24, 2.45) is 5.92 Å². The SMILES string of the molecule is O=S(=O)(O)c1ccc2c(c1)N(CC1CCOCC1)CCS2. The van der Waals surface area contributed by atoms with E-state index in [9.17, 15) is 13.0 Å². The van der Waals surface area contributed by atoms with Gasteiger partial charge in [0.2, 0.25) is 0 Å². The standard InChI is InChI=1S/C14H19NO4S2/c16-21(17,18)12-1-2-14-13(9-12)15(5-8-20-14)10-11-3-6-19-7-4-11/h1-2,9,11H,3-8,10H2,(H,16,17,18). The van der Waals surface area contributed by atoms with Gasteiger partial charge >= 0.3 is 0 Å². The Balaban J connectivity index is 1.85. The van der Waals surface area contributed by atoms with Crippen LogP contribution in [0, 0.1) is 5.92 Å². The van der Waals surface area contributed by atoms with Gasteiger partial charge in [-0.2, -0.15) is 8.42 Å². The van der Waals surface area contributed by atoms with Gasteiger partial charge < -0.3 is 9.64 Å². The molecule has 0 amide bonds. The van der Waals surface area contributed by atoms with Gasteiger partial charge in [-0.25, -0.2) is 0 Å². The highest BCUT2D eigenvalue weighted by Gasteiger charge is 2.24. The summed E-state index contributed by atoms with van der Waals surface area (Å²) in [5.41, 5.74) is 0.924. The minimum atomic E-state index is -4.15. The molecule has 1 N–H and O–H groups in total. The molecular weight excluding hydrogens is 310 g/mol. The molecule has 1 aromatic rings. The van der Waals surface area contributed by atoms with Crippen molar-refractivity contribution in [3.05, 3.63) is 18.2 Å². The number of thioether (sulfide) groups is 1. The number of benzene rings is 1. The van der Waals surface area contributed by atoms with Crippen LogP contribution in [0.4, 0.5) is 5.69 Å². The van der Waals surface area contributed by atoms with Crippen LogP contribution in [0.3, 0.4) is 0 Å². The summed E-state index contributed by atoms with van der Waals surface area (Å²) < 4.78 is 37.3. The summed E-state index contributed by atoms with van der Waals surface area (Å²) in [6.45, 7) is 3.45. The highest BCUT2D eigenvalue weighted by atomic mass is 32.2. The van der Waals surface area contributed by atoms with E-state index in [4.69, 9.17) is 4.74 Å². The van der Waals surface area contributed by atoms with Crippen LogP contribution in [0.1, 0.15) is 12.8 Å². The van der Waals surface area contributed by atoms with Crippen molar-refractivity contribution in [2.75, 3.05) is 37.0 Å². The van der Waals surface area contributed by atoms with Gasteiger partial charge in [-0.15, -0.1) is 11.8 Å².